The summed E-state index contributed by atoms with van der Waals surface area (Å²) in [6.45, 7) is 17.0. The van der Waals surface area contributed by atoms with Crippen LogP contribution in [0, 0.1) is 40.0 Å². The molecule has 0 fully saturated rings. The highest BCUT2D eigenvalue weighted by Gasteiger charge is 2.28. The summed E-state index contributed by atoms with van der Waals surface area (Å²) in [6.07, 6.45) is -0.402. The van der Waals surface area contributed by atoms with Gasteiger partial charge in [-0.3, -0.25) is 0 Å². The average molecular weight is 234 g/mol. The van der Waals surface area contributed by atoms with Gasteiger partial charge in [0.2, 0.25) is 0 Å². The molecule has 1 aromatic carbocycles. The summed E-state index contributed by atoms with van der Waals surface area (Å²) >= 11 is 0. The van der Waals surface area contributed by atoms with E-state index in [1.807, 2.05) is 0 Å². The number of aliphatic hydroxyl groups is 1. The van der Waals surface area contributed by atoms with Crippen LogP contribution in [0.3, 0.4) is 0 Å². The maximum atomic E-state index is 10.6. The highest BCUT2D eigenvalue weighted by molar-refractivity contribution is 5.50. The standard InChI is InChI=1S/C16H26O/c1-9-10(2)12(4)14(13(5)11(9)3)15(17)16(6,7)8/h15,17H,1-8H3. The Morgan fingerprint density at radius 3 is 1.29 bits per heavy atom. The first-order chi connectivity index (χ1) is 7.59. The van der Waals surface area contributed by atoms with E-state index in [9.17, 15) is 5.11 Å². The Labute approximate surface area is 106 Å². The molecule has 96 valence electrons. The highest BCUT2D eigenvalue weighted by atomic mass is 16.3. The van der Waals surface area contributed by atoms with Crippen LogP contribution in [0.4, 0.5) is 0 Å². The number of hydrogen-bond donors (Lipinski definition) is 1. The van der Waals surface area contributed by atoms with Gasteiger partial charge in [0.25, 0.3) is 0 Å². The van der Waals surface area contributed by atoms with E-state index in [2.05, 4.69) is 55.4 Å². The summed E-state index contributed by atoms with van der Waals surface area (Å²) in [7, 11) is 0. The predicted octanol–water partition coefficient (Wildman–Crippen LogP) is 4.31. The van der Waals surface area contributed by atoms with Crippen molar-refractivity contribution in [3.63, 3.8) is 0 Å². The summed E-state index contributed by atoms with van der Waals surface area (Å²) < 4.78 is 0. The minimum Gasteiger partial charge on any atom is -0.388 e. The Bertz CT molecular complexity index is 407. The maximum Gasteiger partial charge on any atom is 0.0843 e. The number of rotatable bonds is 1. The van der Waals surface area contributed by atoms with Crippen LogP contribution >= 0.6 is 0 Å². The van der Waals surface area contributed by atoms with Crippen LogP contribution < -0.4 is 0 Å². The summed E-state index contributed by atoms with van der Waals surface area (Å²) in [6, 6.07) is 0. The van der Waals surface area contributed by atoms with Gasteiger partial charge in [-0.25, -0.2) is 0 Å². The topological polar surface area (TPSA) is 20.2 Å². The molecule has 1 unspecified atom stereocenters. The summed E-state index contributed by atoms with van der Waals surface area (Å²) in [5.74, 6) is 0. The molecule has 1 nitrogen and oxygen atoms in total. The maximum absolute atomic E-state index is 10.6. The van der Waals surface area contributed by atoms with Crippen LogP contribution in [0.15, 0.2) is 0 Å². The molecule has 0 heterocycles. The third-order valence-corrected chi connectivity index (χ3v) is 4.15. The van der Waals surface area contributed by atoms with Crippen molar-refractivity contribution in [1.82, 2.24) is 0 Å². The highest BCUT2D eigenvalue weighted by Crippen LogP contribution is 2.38. The van der Waals surface area contributed by atoms with Crippen molar-refractivity contribution >= 4 is 0 Å². The van der Waals surface area contributed by atoms with E-state index < -0.39 is 6.10 Å². The second-order valence-corrected chi connectivity index (χ2v) is 6.31. The van der Waals surface area contributed by atoms with E-state index in [0.29, 0.717) is 0 Å². The molecule has 1 aromatic rings. The van der Waals surface area contributed by atoms with Crippen molar-refractivity contribution in [3.8, 4) is 0 Å². The lowest BCUT2D eigenvalue weighted by molar-refractivity contribution is 0.0614. The molecular weight excluding hydrogens is 208 g/mol. The molecule has 0 amide bonds. The molecule has 1 rings (SSSR count). The first kappa shape index (κ1) is 14.2. The predicted molar refractivity (Wildman–Crippen MR) is 74.5 cm³/mol. The molecule has 1 atom stereocenters. The van der Waals surface area contributed by atoms with Crippen molar-refractivity contribution in [2.24, 2.45) is 5.41 Å². The van der Waals surface area contributed by atoms with Gasteiger partial charge < -0.3 is 5.11 Å². The van der Waals surface area contributed by atoms with E-state index >= 15 is 0 Å². The molecule has 0 saturated heterocycles. The molecule has 17 heavy (non-hydrogen) atoms. The van der Waals surface area contributed by atoms with Gasteiger partial charge in [-0.1, -0.05) is 20.8 Å². The SMILES string of the molecule is Cc1c(C)c(C)c(C(O)C(C)(C)C)c(C)c1C. The van der Waals surface area contributed by atoms with Crippen LogP contribution in [0.25, 0.3) is 0 Å². The van der Waals surface area contributed by atoms with E-state index in [1.54, 1.807) is 0 Å². The van der Waals surface area contributed by atoms with Gasteiger partial charge in [-0.05, 0) is 73.4 Å². The Morgan fingerprint density at radius 1 is 0.706 bits per heavy atom. The van der Waals surface area contributed by atoms with Crippen molar-refractivity contribution in [2.45, 2.75) is 61.5 Å². The van der Waals surface area contributed by atoms with E-state index in [0.717, 1.165) is 5.56 Å². The summed E-state index contributed by atoms with van der Waals surface area (Å²) in [5, 5.41) is 10.6. The van der Waals surface area contributed by atoms with E-state index in [4.69, 9.17) is 0 Å². The van der Waals surface area contributed by atoms with Crippen molar-refractivity contribution in [1.29, 1.82) is 0 Å². The Morgan fingerprint density at radius 2 is 1.00 bits per heavy atom. The van der Waals surface area contributed by atoms with Gasteiger partial charge >= 0.3 is 0 Å². The van der Waals surface area contributed by atoms with Gasteiger partial charge in [0, 0.05) is 0 Å². The van der Waals surface area contributed by atoms with E-state index in [-0.39, 0.29) is 5.41 Å². The minimum atomic E-state index is -0.402. The number of benzene rings is 1. The van der Waals surface area contributed by atoms with Gasteiger partial charge in [0.15, 0.2) is 0 Å². The van der Waals surface area contributed by atoms with Crippen LogP contribution in [0.5, 0.6) is 0 Å². The van der Waals surface area contributed by atoms with Gasteiger partial charge in [0.05, 0.1) is 6.10 Å². The molecule has 0 aliphatic carbocycles. The molecule has 0 spiro atoms. The minimum absolute atomic E-state index is 0.121. The Balaban J connectivity index is 3.55. The van der Waals surface area contributed by atoms with Gasteiger partial charge in [-0.2, -0.15) is 0 Å². The lowest BCUT2D eigenvalue weighted by atomic mass is 9.78. The molecule has 0 aromatic heterocycles. The zero-order valence-electron chi connectivity index (χ0n) is 12.5. The van der Waals surface area contributed by atoms with Crippen molar-refractivity contribution < 1.29 is 5.11 Å². The van der Waals surface area contributed by atoms with Crippen LogP contribution in [-0.4, -0.2) is 5.11 Å². The normalized spacial score (nSPS) is 13.9. The molecule has 0 radical (unpaired) electrons. The second kappa shape index (κ2) is 4.45. The zero-order valence-corrected chi connectivity index (χ0v) is 12.5. The lowest BCUT2D eigenvalue weighted by Gasteiger charge is -2.31. The van der Waals surface area contributed by atoms with Crippen LogP contribution in [0.2, 0.25) is 0 Å². The van der Waals surface area contributed by atoms with Gasteiger partial charge in [-0.15, -0.1) is 0 Å². The Hall–Kier alpha value is -0.820. The van der Waals surface area contributed by atoms with Crippen molar-refractivity contribution in [3.05, 3.63) is 33.4 Å². The molecule has 1 heteroatoms. The molecule has 0 saturated carbocycles. The van der Waals surface area contributed by atoms with Crippen molar-refractivity contribution in [2.75, 3.05) is 0 Å². The lowest BCUT2D eigenvalue weighted by Crippen LogP contribution is -2.21. The summed E-state index contributed by atoms with van der Waals surface area (Å²) in [5.41, 5.74) is 7.46. The molecule has 0 bridgehead atoms. The molecule has 1 N–H and O–H groups in total. The first-order valence-electron chi connectivity index (χ1n) is 6.34. The van der Waals surface area contributed by atoms with Crippen LogP contribution in [0.1, 0.15) is 60.3 Å². The third kappa shape index (κ3) is 2.40. The van der Waals surface area contributed by atoms with Crippen LogP contribution in [-0.2, 0) is 0 Å². The number of hydrogen-bond acceptors (Lipinski definition) is 1. The first-order valence-corrected chi connectivity index (χ1v) is 6.34. The average Bonchev–Trinajstić information content (AvgIpc) is 2.22. The third-order valence-electron chi connectivity index (χ3n) is 4.15. The second-order valence-electron chi connectivity index (χ2n) is 6.31. The largest absolute Gasteiger partial charge is 0.388 e. The fourth-order valence-corrected chi connectivity index (χ4v) is 2.37. The molecule has 0 aliphatic heterocycles. The smallest absolute Gasteiger partial charge is 0.0843 e. The quantitative estimate of drug-likeness (QED) is 0.767. The van der Waals surface area contributed by atoms with E-state index in [1.165, 1.54) is 27.8 Å². The number of aliphatic hydroxyl groups excluding tert-OH is 1. The summed E-state index contributed by atoms with van der Waals surface area (Å²) in [4.78, 5) is 0. The zero-order chi connectivity index (χ0) is 13.5. The Kier molecular flexibility index (Phi) is 3.73. The monoisotopic (exact) mass is 234 g/mol. The molecular formula is C16H26O. The fourth-order valence-electron chi connectivity index (χ4n) is 2.37. The fraction of sp³-hybridized carbons (Fsp3) is 0.625. The molecule has 0 aliphatic rings. The van der Waals surface area contributed by atoms with Gasteiger partial charge in [0.1, 0.15) is 0 Å².